The molecule has 0 fully saturated rings. The Morgan fingerprint density at radius 2 is 1.71 bits per heavy atom. The largest absolute Gasteiger partial charge is 0.489 e. The number of pyridine rings is 1. The van der Waals surface area contributed by atoms with Crippen molar-refractivity contribution in [3.05, 3.63) is 88.7 Å². The van der Waals surface area contributed by atoms with E-state index in [1.807, 2.05) is 42.6 Å². The number of aromatic nitrogens is 1. The molecule has 5 heteroatoms. The normalized spacial score (nSPS) is 10.5. The molecule has 28 heavy (non-hydrogen) atoms. The van der Waals surface area contributed by atoms with Crippen LogP contribution in [-0.4, -0.2) is 16.1 Å². The lowest BCUT2D eigenvalue weighted by Gasteiger charge is -2.12. The van der Waals surface area contributed by atoms with Gasteiger partial charge in [0.25, 0.3) is 0 Å². The third kappa shape index (κ3) is 4.88. The van der Waals surface area contributed by atoms with Gasteiger partial charge in [-0.25, -0.2) is 4.79 Å². The van der Waals surface area contributed by atoms with Gasteiger partial charge >= 0.3 is 5.97 Å². The molecule has 2 aromatic carbocycles. The van der Waals surface area contributed by atoms with E-state index < -0.39 is 5.97 Å². The first-order valence-corrected chi connectivity index (χ1v) is 9.18. The summed E-state index contributed by atoms with van der Waals surface area (Å²) in [5.41, 5.74) is 3.69. The maximum Gasteiger partial charge on any atom is 0.336 e. The summed E-state index contributed by atoms with van der Waals surface area (Å²) < 4.78 is 11.6. The van der Waals surface area contributed by atoms with E-state index in [2.05, 4.69) is 11.9 Å². The standard InChI is InChI=1S/C23H23NO4/c1-3-17-10-11-19(24-13-17)15-28-21-9-5-8-20(12-21)27-14-18-7-4-6-16(2)22(18)23(25)26/h4-13H,3,14-15H2,1-2H3,(H,25,26). The molecule has 0 aliphatic rings. The maximum absolute atomic E-state index is 11.5. The Kier molecular flexibility index (Phi) is 6.27. The van der Waals surface area contributed by atoms with Gasteiger partial charge in [-0.2, -0.15) is 0 Å². The lowest BCUT2D eigenvalue weighted by Crippen LogP contribution is -2.08. The minimum Gasteiger partial charge on any atom is -0.489 e. The number of nitrogens with zero attached hydrogens (tertiary/aromatic N) is 1. The van der Waals surface area contributed by atoms with Gasteiger partial charge < -0.3 is 14.6 Å². The Balaban J connectivity index is 1.63. The molecule has 0 spiro atoms. The van der Waals surface area contributed by atoms with Gasteiger partial charge in [-0.3, -0.25) is 4.98 Å². The maximum atomic E-state index is 11.5. The highest BCUT2D eigenvalue weighted by Gasteiger charge is 2.13. The number of aryl methyl sites for hydroxylation is 2. The number of carboxylic acids is 1. The van der Waals surface area contributed by atoms with E-state index in [1.54, 1.807) is 25.1 Å². The molecule has 1 aromatic heterocycles. The van der Waals surface area contributed by atoms with E-state index in [1.165, 1.54) is 5.56 Å². The van der Waals surface area contributed by atoms with E-state index >= 15 is 0 Å². The highest BCUT2D eigenvalue weighted by atomic mass is 16.5. The summed E-state index contributed by atoms with van der Waals surface area (Å²) in [5.74, 6) is 0.335. The van der Waals surface area contributed by atoms with Crippen LogP contribution < -0.4 is 9.47 Å². The smallest absolute Gasteiger partial charge is 0.336 e. The third-order valence-corrected chi connectivity index (χ3v) is 4.45. The van der Waals surface area contributed by atoms with Crippen LogP contribution in [0.4, 0.5) is 0 Å². The molecule has 144 valence electrons. The molecule has 1 N–H and O–H groups in total. The number of aromatic carboxylic acids is 1. The quantitative estimate of drug-likeness (QED) is 0.610. The van der Waals surface area contributed by atoms with Gasteiger partial charge in [0.05, 0.1) is 11.3 Å². The zero-order valence-electron chi connectivity index (χ0n) is 16.0. The first-order valence-electron chi connectivity index (χ1n) is 9.18. The summed E-state index contributed by atoms with van der Waals surface area (Å²) in [4.78, 5) is 15.9. The lowest BCUT2D eigenvalue weighted by atomic mass is 10.0. The summed E-state index contributed by atoms with van der Waals surface area (Å²) in [6.45, 7) is 4.42. The van der Waals surface area contributed by atoms with Crippen molar-refractivity contribution in [2.45, 2.75) is 33.5 Å². The fourth-order valence-corrected chi connectivity index (χ4v) is 2.88. The monoisotopic (exact) mass is 377 g/mol. The van der Waals surface area contributed by atoms with Gasteiger partial charge in [-0.05, 0) is 42.7 Å². The molecule has 1 heterocycles. The van der Waals surface area contributed by atoms with Gasteiger partial charge in [0.2, 0.25) is 0 Å². The van der Waals surface area contributed by atoms with Gasteiger partial charge in [0, 0.05) is 17.8 Å². The second kappa shape index (κ2) is 9.04. The highest BCUT2D eigenvalue weighted by molar-refractivity contribution is 5.91. The van der Waals surface area contributed by atoms with Crippen LogP contribution in [0.5, 0.6) is 11.5 Å². The fraction of sp³-hybridized carbons (Fsp3) is 0.217. The Morgan fingerprint density at radius 1 is 1.00 bits per heavy atom. The molecule has 0 saturated carbocycles. The summed E-state index contributed by atoms with van der Waals surface area (Å²) in [5, 5.41) is 9.42. The van der Waals surface area contributed by atoms with E-state index in [9.17, 15) is 9.90 Å². The Morgan fingerprint density at radius 3 is 2.36 bits per heavy atom. The third-order valence-electron chi connectivity index (χ3n) is 4.45. The summed E-state index contributed by atoms with van der Waals surface area (Å²) in [7, 11) is 0. The number of hydrogen-bond donors (Lipinski definition) is 1. The van der Waals surface area contributed by atoms with Crippen LogP contribution in [0, 0.1) is 6.92 Å². The molecule has 0 amide bonds. The van der Waals surface area contributed by atoms with Crippen LogP contribution in [0.2, 0.25) is 0 Å². The van der Waals surface area contributed by atoms with Gasteiger partial charge in [-0.1, -0.05) is 37.3 Å². The first-order chi connectivity index (χ1) is 13.6. The lowest BCUT2D eigenvalue weighted by molar-refractivity contribution is 0.0693. The van der Waals surface area contributed by atoms with Crippen LogP contribution in [0.15, 0.2) is 60.8 Å². The molecular weight excluding hydrogens is 354 g/mol. The number of benzene rings is 2. The fourth-order valence-electron chi connectivity index (χ4n) is 2.88. The second-order valence-electron chi connectivity index (χ2n) is 6.48. The van der Waals surface area contributed by atoms with Crippen LogP contribution in [-0.2, 0) is 19.6 Å². The molecule has 0 radical (unpaired) electrons. The van der Waals surface area contributed by atoms with Crippen molar-refractivity contribution in [3.8, 4) is 11.5 Å². The number of ether oxygens (including phenoxy) is 2. The predicted molar refractivity (Wildman–Crippen MR) is 107 cm³/mol. The van der Waals surface area contributed by atoms with Gasteiger partial charge in [0.15, 0.2) is 0 Å². The molecule has 5 nitrogen and oxygen atoms in total. The van der Waals surface area contributed by atoms with Crippen LogP contribution in [0.3, 0.4) is 0 Å². The first kappa shape index (κ1) is 19.4. The molecule has 0 atom stereocenters. The molecular formula is C23H23NO4. The van der Waals surface area contributed by atoms with Crippen molar-refractivity contribution >= 4 is 5.97 Å². The molecule has 0 saturated heterocycles. The molecule has 3 rings (SSSR count). The number of carbonyl (C=O) groups is 1. The van der Waals surface area contributed by atoms with E-state index in [-0.39, 0.29) is 12.2 Å². The average Bonchev–Trinajstić information content (AvgIpc) is 2.71. The van der Waals surface area contributed by atoms with Crippen molar-refractivity contribution in [2.24, 2.45) is 0 Å². The minimum atomic E-state index is -0.949. The SMILES string of the molecule is CCc1ccc(COc2cccc(OCc3cccc(C)c3C(=O)O)c2)nc1. The van der Waals surface area contributed by atoms with Crippen molar-refractivity contribution in [3.63, 3.8) is 0 Å². The van der Waals surface area contributed by atoms with Crippen molar-refractivity contribution in [2.75, 3.05) is 0 Å². The average molecular weight is 377 g/mol. The molecule has 0 unspecified atom stereocenters. The number of hydrogen-bond acceptors (Lipinski definition) is 4. The summed E-state index contributed by atoms with van der Waals surface area (Å²) in [6, 6.07) is 16.7. The number of rotatable bonds is 8. The van der Waals surface area contributed by atoms with Crippen molar-refractivity contribution < 1.29 is 19.4 Å². The zero-order valence-corrected chi connectivity index (χ0v) is 16.0. The Hall–Kier alpha value is -3.34. The topological polar surface area (TPSA) is 68.7 Å². The highest BCUT2D eigenvalue weighted by Crippen LogP contribution is 2.23. The number of carboxylic acid groups (broad SMARTS) is 1. The van der Waals surface area contributed by atoms with Gasteiger partial charge in [0.1, 0.15) is 24.7 Å². The minimum absolute atomic E-state index is 0.173. The second-order valence-corrected chi connectivity index (χ2v) is 6.48. The van der Waals surface area contributed by atoms with Crippen molar-refractivity contribution in [1.82, 2.24) is 4.98 Å². The van der Waals surface area contributed by atoms with Crippen molar-refractivity contribution in [1.29, 1.82) is 0 Å². The zero-order chi connectivity index (χ0) is 19.9. The predicted octanol–water partition coefficient (Wildman–Crippen LogP) is 4.81. The molecule has 0 aliphatic heterocycles. The summed E-state index contributed by atoms with van der Waals surface area (Å²) in [6.07, 6.45) is 2.82. The molecule has 3 aromatic rings. The van der Waals surface area contributed by atoms with Crippen LogP contribution in [0.25, 0.3) is 0 Å². The summed E-state index contributed by atoms with van der Waals surface area (Å²) >= 11 is 0. The van der Waals surface area contributed by atoms with Crippen LogP contribution >= 0.6 is 0 Å². The van der Waals surface area contributed by atoms with E-state index in [0.717, 1.165) is 12.1 Å². The molecule has 0 aliphatic carbocycles. The van der Waals surface area contributed by atoms with Crippen LogP contribution in [0.1, 0.15) is 39.7 Å². The Labute approximate surface area is 164 Å². The molecule has 0 bridgehead atoms. The van der Waals surface area contributed by atoms with E-state index in [0.29, 0.717) is 29.2 Å². The van der Waals surface area contributed by atoms with E-state index in [4.69, 9.17) is 9.47 Å². The Bertz CT molecular complexity index is 951. The van der Waals surface area contributed by atoms with Gasteiger partial charge in [-0.15, -0.1) is 0 Å².